The van der Waals surface area contributed by atoms with E-state index in [1.54, 1.807) is 31.6 Å². The van der Waals surface area contributed by atoms with E-state index in [2.05, 4.69) is 26.2 Å². The Balaban J connectivity index is 1.70. The van der Waals surface area contributed by atoms with E-state index in [4.69, 9.17) is 14.5 Å². The number of hydrogen-bond acceptors (Lipinski definition) is 5. The van der Waals surface area contributed by atoms with Gasteiger partial charge in [0.15, 0.2) is 5.69 Å². The Morgan fingerprint density at radius 3 is 2.79 bits per heavy atom. The minimum Gasteiger partial charge on any atom is -0.382 e. The van der Waals surface area contributed by atoms with Crippen molar-refractivity contribution in [3.63, 3.8) is 0 Å². The van der Waals surface area contributed by atoms with Gasteiger partial charge in [-0.15, -0.1) is 0 Å². The summed E-state index contributed by atoms with van der Waals surface area (Å²) < 4.78 is 27.8. The average molecular weight is 515 g/mol. The molecule has 0 aliphatic carbocycles. The van der Waals surface area contributed by atoms with E-state index in [1.807, 2.05) is 29.7 Å². The van der Waals surface area contributed by atoms with Gasteiger partial charge in [-0.3, -0.25) is 14.4 Å². The number of nitrogens with one attached hydrogen (secondary N) is 1. The van der Waals surface area contributed by atoms with Crippen LogP contribution in [0.3, 0.4) is 0 Å². The smallest absolute Gasteiger partial charge is 0.271 e. The first kappa shape index (κ1) is 23.3. The van der Waals surface area contributed by atoms with E-state index in [-0.39, 0.29) is 17.4 Å². The standard InChI is InChI=1S/C24H24BrFN4O3/c1-15-23-22(24(31)27-9-10-33-12-11-32-2)28-14-30(23)20-8-7-16(25)13-18(20)21(29-15)17-5-3-4-6-19(17)26/h3-8,13-15H,9-12H2,1-2H3,(H,27,31)/t15-/m1/s1. The maximum atomic E-state index is 14.7. The number of aromatic nitrogens is 2. The number of rotatable bonds is 8. The Bertz CT molecular complexity index is 1190. The zero-order chi connectivity index (χ0) is 23.4. The van der Waals surface area contributed by atoms with Crippen LogP contribution in [0.25, 0.3) is 5.69 Å². The molecule has 1 aromatic heterocycles. The third-order valence-electron chi connectivity index (χ3n) is 5.30. The molecule has 0 radical (unpaired) electrons. The SMILES string of the molecule is COCCOCCNC(=O)c1ncn2c1[C@@H](C)N=C(c1ccccc1F)c1cc(Br)ccc1-2. The van der Waals surface area contributed by atoms with Crippen LogP contribution in [-0.4, -0.2) is 54.6 Å². The summed E-state index contributed by atoms with van der Waals surface area (Å²) in [6.07, 6.45) is 1.61. The number of ether oxygens (including phenoxy) is 2. The van der Waals surface area contributed by atoms with Crippen LogP contribution >= 0.6 is 15.9 Å². The predicted octanol–water partition coefficient (Wildman–Crippen LogP) is 4.08. The fraction of sp³-hybridized carbons (Fsp3) is 0.292. The van der Waals surface area contributed by atoms with Gasteiger partial charge in [0.25, 0.3) is 5.91 Å². The van der Waals surface area contributed by atoms with E-state index in [1.165, 1.54) is 6.07 Å². The summed E-state index contributed by atoms with van der Waals surface area (Å²) in [4.78, 5) is 22.2. The minimum absolute atomic E-state index is 0.284. The van der Waals surface area contributed by atoms with E-state index in [9.17, 15) is 9.18 Å². The lowest BCUT2D eigenvalue weighted by molar-refractivity contribution is 0.0691. The Kier molecular flexibility index (Phi) is 7.32. The molecule has 3 aromatic rings. The maximum Gasteiger partial charge on any atom is 0.271 e. The third kappa shape index (κ3) is 4.90. The minimum atomic E-state index is -0.438. The molecule has 2 heterocycles. The number of amides is 1. The van der Waals surface area contributed by atoms with Crippen molar-refractivity contribution in [1.82, 2.24) is 14.9 Å². The molecule has 1 N–H and O–H groups in total. The zero-order valence-corrected chi connectivity index (χ0v) is 19.9. The second kappa shape index (κ2) is 10.4. The Hall–Kier alpha value is -2.88. The molecule has 9 heteroatoms. The van der Waals surface area contributed by atoms with Crippen LogP contribution in [-0.2, 0) is 9.47 Å². The first-order valence-electron chi connectivity index (χ1n) is 10.6. The Morgan fingerprint density at radius 2 is 2.00 bits per heavy atom. The topological polar surface area (TPSA) is 77.7 Å². The van der Waals surface area contributed by atoms with Crippen molar-refractivity contribution in [2.75, 3.05) is 33.5 Å². The van der Waals surface area contributed by atoms with E-state index in [0.717, 1.165) is 15.7 Å². The number of fused-ring (bicyclic) bond motifs is 3. The number of benzene rings is 2. The molecular weight excluding hydrogens is 491 g/mol. The molecule has 1 atom stereocenters. The van der Waals surface area contributed by atoms with Crippen LogP contribution in [0.4, 0.5) is 4.39 Å². The molecule has 4 rings (SSSR count). The number of methoxy groups -OCH3 is 1. The molecule has 0 fully saturated rings. The highest BCUT2D eigenvalue weighted by molar-refractivity contribution is 9.10. The molecule has 1 amide bonds. The van der Waals surface area contributed by atoms with Crippen LogP contribution < -0.4 is 5.32 Å². The highest BCUT2D eigenvalue weighted by Gasteiger charge is 2.29. The van der Waals surface area contributed by atoms with Crippen molar-refractivity contribution in [1.29, 1.82) is 0 Å². The van der Waals surface area contributed by atoms with Gasteiger partial charge in [-0.1, -0.05) is 28.1 Å². The summed E-state index contributed by atoms with van der Waals surface area (Å²) in [6.45, 7) is 3.55. The van der Waals surface area contributed by atoms with Crippen LogP contribution in [0.2, 0.25) is 0 Å². The quantitative estimate of drug-likeness (QED) is 0.459. The summed E-state index contributed by atoms with van der Waals surface area (Å²) in [5.41, 5.74) is 3.37. The lowest BCUT2D eigenvalue weighted by atomic mass is 10.00. The van der Waals surface area contributed by atoms with Gasteiger partial charge in [-0.2, -0.15) is 0 Å². The molecule has 0 saturated heterocycles. The first-order valence-corrected chi connectivity index (χ1v) is 11.4. The molecular formula is C24H24BrFN4O3. The monoisotopic (exact) mass is 514 g/mol. The third-order valence-corrected chi connectivity index (χ3v) is 5.80. The molecule has 172 valence electrons. The zero-order valence-electron chi connectivity index (χ0n) is 18.3. The number of carbonyl (C=O) groups excluding carboxylic acids is 1. The average Bonchev–Trinajstić information content (AvgIpc) is 3.21. The summed E-state index contributed by atoms with van der Waals surface area (Å²) in [5.74, 6) is -0.667. The van der Waals surface area contributed by atoms with E-state index in [0.29, 0.717) is 43.3 Å². The second-order valence-corrected chi connectivity index (χ2v) is 8.42. The van der Waals surface area contributed by atoms with Crippen molar-refractivity contribution in [3.05, 3.63) is 81.6 Å². The molecule has 7 nitrogen and oxygen atoms in total. The highest BCUT2D eigenvalue weighted by Crippen LogP contribution is 2.34. The summed E-state index contributed by atoms with van der Waals surface area (Å²) >= 11 is 3.51. The van der Waals surface area contributed by atoms with Gasteiger partial charge >= 0.3 is 0 Å². The first-order chi connectivity index (χ1) is 16.0. The van der Waals surface area contributed by atoms with Gasteiger partial charge in [0.05, 0.1) is 43.0 Å². The number of halogens is 2. The van der Waals surface area contributed by atoms with Crippen molar-refractivity contribution >= 4 is 27.5 Å². The second-order valence-electron chi connectivity index (χ2n) is 7.50. The molecule has 0 spiro atoms. The summed E-state index contributed by atoms with van der Waals surface area (Å²) in [5, 5.41) is 2.84. The van der Waals surface area contributed by atoms with Gasteiger partial charge in [-0.05, 0) is 37.3 Å². The number of carbonyl (C=O) groups is 1. The van der Waals surface area contributed by atoms with E-state index >= 15 is 0 Å². The maximum absolute atomic E-state index is 14.7. The predicted molar refractivity (Wildman–Crippen MR) is 127 cm³/mol. The van der Waals surface area contributed by atoms with Crippen molar-refractivity contribution in [3.8, 4) is 5.69 Å². The molecule has 0 bridgehead atoms. The van der Waals surface area contributed by atoms with E-state index < -0.39 is 6.04 Å². The number of hydrogen-bond donors (Lipinski definition) is 1. The molecule has 0 unspecified atom stereocenters. The van der Waals surface area contributed by atoms with Crippen LogP contribution in [0, 0.1) is 5.82 Å². The van der Waals surface area contributed by atoms with Gasteiger partial charge in [0.1, 0.15) is 12.1 Å². The van der Waals surface area contributed by atoms with Gasteiger partial charge in [-0.25, -0.2) is 9.37 Å². The van der Waals surface area contributed by atoms with Gasteiger partial charge in [0.2, 0.25) is 0 Å². The van der Waals surface area contributed by atoms with Crippen LogP contribution in [0.5, 0.6) is 0 Å². The molecule has 2 aromatic carbocycles. The van der Waals surface area contributed by atoms with Crippen molar-refractivity contribution in [2.24, 2.45) is 4.99 Å². The molecule has 1 aliphatic rings. The lowest BCUT2D eigenvalue weighted by Gasteiger charge is -2.13. The molecule has 0 saturated carbocycles. The molecule has 33 heavy (non-hydrogen) atoms. The normalized spacial score (nSPS) is 14.8. The Labute approximate surface area is 199 Å². The van der Waals surface area contributed by atoms with Crippen molar-refractivity contribution in [2.45, 2.75) is 13.0 Å². The van der Waals surface area contributed by atoms with Gasteiger partial charge in [0, 0.05) is 29.3 Å². The summed E-state index contributed by atoms with van der Waals surface area (Å²) in [7, 11) is 1.60. The highest BCUT2D eigenvalue weighted by atomic mass is 79.9. The Morgan fingerprint density at radius 1 is 1.18 bits per heavy atom. The van der Waals surface area contributed by atoms with Crippen LogP contribution in [0.1, 0.15) is 40.3 Å². The van der Waals surface area contributed by atoms with Gasteiger partial charge < -0.3 is 14.8 Å². The van der Waals surface area contributed by atoms with Crippen LogP contribution in [0.15, 0.2) is 58.3 Å². The fourth-order valence-electron chi connectivity index (χ4n) is 3.79. The lowest BCUT2D eigenvalue weighted by Crippen LogP contribution is -2.29. The summed E-state index contributed by atoms with van der Waals surface area (Å²) in [6, 6.07) is 11.8. The number of nitrogens with zero attached hydrogens (tertiary/aromatic N) is 3. The van der Waals surface area contributed by atoms with Crippen molar-refractivity contribution < 1.29 is 18.7 Å². The fourth-order valence-corrected chi connectivity index (χ4v) is 4.15. The number of imidazole rings is 1. The number of aliphatic imine (C=N–C) groups is 1. The largest absolute Gasteiger partial charge is 0.382 e. The molecule has 1 aliphatic heterocycles.